The number of rotatable bonds is 6. The molecule has 4 heterocycles. The maximum absolute atomic E-state index is 15.7. The highest BCUT2D eigenvalue weighted by atomic mass is 28.2. The second kappa shape index (κ2) is 10.4. The van der Waals surface area contributed by atoms with Crippen molar-refractivity contribution in [1.82, 2.24) is 14.3 Å². The molecule has 2 amide bonds. The number of nitrogens with zero attached hydrogens (tertiary/aromatic N) is 4. The standard InChI is InChI=1S/C33H34FN5O2Si/c1-19-26-6-4-3-5-21(26)11-14-38(19)32(40)23-15-28(22-7-8-22)31-36-30(20(2)39(31)17-23)27-10-9-24(16-29(27)34)37-13-12-25(18-37)42-33(35)41/h3-6,9-10,15-17,19,22,25H,7-8,11-14,18H2,1-2H3,(H2,35,41)/t19-,25?/m1/s1. The number of nitrogens with two attached hydrogens (primary N) is 1. The lowest BCUT2D eigenvalue weighted by Crippen LogP contribution is -2.39. The number of imidazole rings is 1. The fourth-order valence-electron chi connectivity index (χ4n) is 6.77. The first kappa shape index (κ1) is 26.9. The Morgan fingerprint density at radius 3 is 2.62 bits per heavy atom. The SMILES string of the molecule is Cc1c(-c2ccc(N3CCC([Si]C(N)=O)C3)cc2F)nc2c(C3CC3)cc(C(=O)N3CCc4ccccc4[C@H]3C)cn12. The second-order valence-electron chi connectivity index (χ2n) is 11.9. The zero-order valence-electron chi connectivity index (χ0n) is 23.9. The van der Waals surface area contributed by atoms with Crippen molar-refractivity contribution < 1.29 is 14.0 Å². The predicted molar refractivity (Wildman–Crippen MR) is 163 cm³/mol. The first-order valence-corrected chi connectivity index (χ1v) is 15.9. The van der Waals surface area contributed by atoms with E-state index >= 15 is 4.39 Å². The van der Waals surface area contributed by atoms with E-state index in [2.05, 4.69) is 30.0 Å². The molecule has 1 saturated carbocycles. The molecule has 2 aliphatic heterocycles. The lowest BCUT2D eigenvalue weighted by molar-refractivity contribution is 0.0677. The summed E-state index contributed by atoms with van der Waals surface area (Å²) in [6, 6.07) is 15.7. The Morgan fingerprint density at radius 1 is 1.05 bits per heavy atom. The van der Waals surface area contributed by atoms with E-state index in [-0.39, 0.29) is 38.4 Å². The van der Waals surface area contributed by atoms with Gasteiger partial charge in [0.1, 0.15) is 11.5 Å². The van der Waals surface area contributed by atoms with Crippen LogP contribution in [0.25, 0.3) is 16.9 Å². The third kappa shape index (κ3) is 4.69. The van der Waals surface area contributed by atoms with E-state index in [1.165, 1.54) is 11.1 Å². The van der Waals surface area contributed by atoms with Gasteiger partial charge in [-0.1, -0.05) is 24.3 Å². The minimum Gasteiger partial charge on any atom is -0.375 e. The van der Waals surface area contributed by atoms with Gasteiger partial charge in [-0.25, -0.2) is 9.37 Å². The molecule has 2 radical (unpaired) electrons. The van der Waals surface area contributed by atoms with Crippen LogP contribution in [0, 0.1) is 12.7 Å². The summed E-state index contributed by atoms with van der Waals surface area (Å²) in [6.07, 6.45) is 5.75. The molecule has 2 aromatic carbocycles. The van der Waals surface area contributed by atoms with Crippen LogP contribution in [0.5, 0.6) is 0 Å². The molecule has 1 aliphatic carbocycles. The van der Waals surface area contributed by atoms with Crippen LogP contribution in [-0.4, -0.2) is 54.9 Å². The molecule has 7 nitrogen and oxygen atoms in total. The average Bonchev–Trinajstić information content (AvgIpc) is 3.64. The number of carbonyl (C=O) groups excluding carboxylic acids is 2. The summed E-state index contributed by atoms with van der Waals surface area (Å²) in [5.41, 5.74) is 13.1. The fourth-order valence-corrected chi connectivity index (χ4v) is 7.76. The normalized spacial score (nSPS) is 20.3. The van der Waals surface area contributed by atoms with Gasteiger partial charge in [0.2, 0.25) is 0 Å². The van der Waals surface area contributed by atoms with Crippen LogP contribution in [-0.2, 0) is 6.42 Å². The van der Waals surface area contributed by atoms with Gasteiger partial charge >= 0.3 is 0 Å². The van der Waals surface area contributed by atoms with Crippen molar-refractivity contribution in [3.8, 4) is 11.3 Å². The van der Waals surface area contributed by atoms with E-state index in [9.17, 15) is 9.59 Å². The molecule has 2 aromatic heterocycles. The van der Waals surface area contributed by atoms with Gasteiger partial charge < -0.3 is 19.9 Å². The molecule has 0 spiro atoms. The van der Waals surface area contributed by atoms with Crippen LogP contribution in [0.15, 0.2) is 54.7 Å². The zero-order valence-corrected chi connectivity index (χ0v) is 24.9. The molecule has 2 atom stereocenters. The van der Waals surface area contributed by atoms with Gasteiger partial charge in [0, 0.05) is 42.8 Å². The Labute approximate surface area is 247 Å². The number of primary amides is 1. The molecule has 214 valence electrons. The maximum atomic E-state index is 15.7. The third-order valence-corrected chi connectivity index (χ3v) is 10.4. The van der Waals surface area contributed by atoms with Crippen LogP contribution in [0.3, 0.4) is 0 Å². The molecular weight excluding hydrogens is 545 g/mol. The van der Waals surface area contributed by atoms with E-state index < -0.39 is 0 Å². The molecule has 7 rings (SSSR count). The number of pyridine rings is 1. The van der Waals surface area contributed by atoms with Gasteiger partial charge in [-0.3, -0.25) is 9.59 Å². The summed E-state index contributed by atoms with van der Waals surface area (Å²) in [5, 5.41) is 0. The fraction of sp³-hybridized carbons (Fsp3) is 0.364. The van der Waals surface area contributed by atoms with Crippen LogP contribution in [0.4, 0.5) is 14.9 Å². The number of anilines is 1. The predicted octanol–water partition coefficient (Wildman–Crippen LogP) is 5.87. The minimum absolute atomic E-state index is 0.00303. The number of hydrogen-bond acceptors (Lipinski definition) is 4. The summed E-state index contributed by atoms with van der Waals surface area (Å²) in [5.74, 6) is 0.0580. The summed E-state index contributed by atoms with van der Waals surface area (Å²) in [7, 11) is 0.0917. The molecular formula is C33H34FN5O2Si. The Hall–Kier alpha value is -3.98. The zero-order chi connectivity index (χ0) is 29.1. The number of fused-ring (bicyclic) bond motifs is 2. The summed E-state index contributed by atoms with van der Waals surface area (Å²) >= 11 is 0. The highest BCUT2D eigenvalue weighted by Gasteiger charge is 2.33. The maximum Gasteiger partial charge on any atom is 0.255 e. The summed E-state index contributed by atoms with van der Waals surface area (Å²) in [6.45, 7) is 6.21. The Morgan fingerprint density at radius 2 is 1.86 bits per heavy atom. The van der Waals surface area contributed by atoms with E-state index in [4.69, 9.17) is 10.7 Å². The first-order valence-electron chi connectivity index (χ1n) is 14.8. The highest BCUT2D eigenvalue weighted by Crippen LogP contribution is 2.44. The second-order valence-corrected chi connectivity index (χ2v) is 13.5. The van der Waals surface area contributed by atoms with Crippen LogP contribution in [0.1, 0.15) is 70.9 Å². The summed E-state index contributed by atoms with van der Waals surface area (Å²) in [4.78, 5) is 34.4. The highest BCUT2D eigenvalue weighted by molar-refractivity contribution is 6.74. The Bertz CT molecular complexity index is 1730. The monoisotopic (exact) mass is 579 g/mol. The van der Waals surface area contributed by atoms with Gasteiger partial charge in [0.05, 0.1) is 17.3 Å². The van der Waals surface area contributed by atoms with E-state index in [0.717, 1.165) is 54.8 Å². The first-order chi connectivity index (χ1) is 20.3. The lowest BCUT2D eigenvalue weighted by Gasteiger charge is -2.35. The Balaban J connectivity index is 1.22. The van der Waals surface area contributed by atoms with Gasteiger partial charge in [0.15, 0.2) is 15.1 Å². The van der Waals surface area contributed by atoms with Crippen LogP contribution < -0.4 is 10.6 Å². The van der Waals surface area contributed by atoms with Crippen molar-refractivity contribution in [1.29, 1.82) is 0 Å². The van der Waals surface area contributed by atoms with Gasteiger partial charge in [-0.2, -0.15) is 0 Å². The average molecular weight is 580 g/mol. The Kier molecular flexibility index (Phi) is 6.64. The van der Waals surface area contributed by atoms with Crippen molar-refractivity contribution in [2.45, 2.75) is 57.0 Å². The molecule has 42 heavy (non-hydrogen) atoms. The molecule has 2 N–H and O–H groups in total. The van der Waals surface area contributed by atoms with Crippen molar-refractivity contribution in [2.75, 3.05) is 24.5 Å². The molecule has 0 bridgehead atoms. The van der Waals surface area contributed by atoms with Crippen LogP contribution >= 0.6 is 0 Å². The molecule has 3 aliphatic rings. The van der Waals surface area contributed by atoms with Crippen molar-refractivity contribution >= 4 is 32.3 Å². The van der Waals surface area contributed by atoms with Gasteiger partial charge in [0.25, 0.3) is 5.91 Å². The number of aryl methyl sites for hydroxylation is 1. The van der Waals surface area contributed by atoms with Gasteiger partial charge in [-0.05, 0) is 91.9 Å². The number of benzene rings is 2. The van der Waals surface area contributed by atoms with Crippen molar-refractivity contribution in [3.63, 3.8) is 0 Å². The molecule has 2 fully saturated rings. The smallest absolute Gasteiger partial charge is 0.255 e. The number of halogens is 1. The minimum atomic E-state index is -0.329. The molecule has 9 heteroatoms. The summed E-state index contributed by atoms with van der Waals surface area (Å²) < 4.78 is 17.7. The number of hydrogen-bond donors (Lipinski definition) is 1. The topological polar surface area (TPSA) is 83.9 Å². The van der Waals surface area contributed by atoms with Crippen molar-refractivity contribution in [3.05, 3.63) is 88.5 Å². The third-order valence-electron chi connectivity index (χ3n) is 9.21. The van der Waals surface area contributed by atoms with Crippen molar-refractivity contribution in [2.24, 2.45) is 5.73 Å². The molecule has 1 saturated heterocycles. The number of amides is 2. The number of aromatic nitrogens is 2. The number of carbonyl (C=O) groups is 2. The quantitative estimate of drug-likeness (QED) is 0.290. The molecule has 4 aromatic rings. The van der Waals surface area contributed by atoms with E-state index in [1.54, 1.807) is 12.1 Å². The van der Waals surface area contributed by atoms with Crippen LogP contribution in [0.2, 0.25) is 5.54 Å². The van der Waals surface area contributed by atoms with E-state index in [1.807, 2.05) is 40.6 Å². The van der Waals surface area contributed by atoms with Gasteiger partial charge in [-0.15, -0.1) is 0 Å². The van der Waals surface area contributed by atoms with E-state index in [0.29, 0.717) is 35.8 Å². The lowest BCUT2D eigenvalue weighted by atomic mass is 9.93. The largest absolute Gasteiger partial charge is 0.375 e. The molecule has 1 unspecified atom stereocenters.